The van der Waals surface area contributed by atoms with E-state index in [0.717, 1.165) is 17.0 Å². The lowest BCUT2D eigenvalue weighted by Gasteiger charge is -2.35. The van der Waals surface area contributed by atoms with E-state index in [1.165, 1.54) is 18.4 Å². The van der Waals surface area contributed by atoms with Crippen LogP contribution in [-0.2, 0) is 0 Å². The first kappa shape index (κ1) is 21.9. The molecule has 3 heterocycles. The van der Waals surface area contributed by atoms with Gasteiger partial charge in [-0.05, 0) is 48.4 Å². The van der Waals surface area contributed by atoms with Gasteiger partial charge in [-0.15, -0.1) is 11.3 Å². The molecular weight excluding hydrogens is 428 g/mol. The molecule has 0 saturated carbocycles. The molecule has 1 atom stereocenters. The minimum Gasteiger partial charge on any atom is -0.504 e. The van der Waals surface area contributed by atoms with E-state index in [2.05, 4.69) is 29.3 Å². The Balaban J connectivity index is 1.80. The molecule has 1 unspecified atom stereocenters. The molecule has 2 amide bonds. The maximum absolute atomic E-state index is 13.0. The van der Waals surface area contributed by atoms with Gasteiger partial charge in [-0.1, -0.05) is 31.1 Å². The second-order valence-electron chi connectivity index (χ2n) is 8.05. The summed E-state index contributed by atoms with van der Waals surface area (Å²) in [6, 6.07) is 8.14. The van der Waals surface area contributed by atoms with Crippen LogP contribution in [0.2, 0.25) is 0 Å². The molecule has 1 aliphatic rings. The molecule has 9 heteroatoms. The molecule has 8 nitrogen and oxygen atoms in total. The van der Waals surface area contributed by atoms with Crippen LogP contribution in [0, 0.1) is 5.92 Å². The standard InChI is InChI=1S/C23H26N4O4S/c1-13(2)9-10-27-14(3)19(22-25-21(26-31-22)18-6-5-11-32-18)20(24-23(27)29)15-7-8-17(30-4)16(28)12-15/h5-8,11-13,20,28H,9-10H2,1-4H3,(H,24,29). The van der Waals surface area contributed by atoms with Crippen molar-refractivity contribution in [3.05, 3.63) is 52.9 Å². The summed E-state index contributed by atoms with van der Waals surface area (Å²) >= 11 is 1.52. The molecule has 4 rings (SSSR count). The lowest BCUT2D eigenvalue weighted by atomic mass is 9.94. The second-order valence-corrected chi connectivity index (χ2v) is 9.00. The summed E-state index contributed by atoms with van der Waals surface area (Å²) in [5.74, 6) is 1.62. The number of hydrogen-bond acceptors (Lipinski definition) is 7. The average molecular weight is 455 g/mol. The number of allylic oxidation sites excluding steroid dienone is 1. The number of ether oxygens (including phenoxy) is 1. The number of methoxy groups -OCH3 is 1. The maximum Gasteiger partial charge on any atom is 0.322 e. The lowest BCUT2D eigenvalue weighted by molar-refractivity contribution is 0.202. The highest BCUT2D eigenvalue weighted by Crippen LogP contribution is 2.40. The Morgan fingerprint density at radius 2 is 2.16 bits per heavy atom. The Hall–Kier alpha value is -3.33. The number of nitrogens with one attached hydrogen (secondary N) is 1. The Kier molecular flexibility index (Phi) is 6.18. The fraction of sp³-hybridized carbons (Fsp3) is 0.348. The first-order valence-corrected chi connectivity index (χ1v) is 11.3. The number of phenols is 1. The first-order chi connectivity index (χ1) is 15.4. The minimum absolute atomic E-state index is 0.0108. The SMILES string of the molecule is COc1ccc(C2NC(=O)N(CCC(C)C)C(C)=C2c2nc(-c3cccs3)no2)cc1O. The summed E-state index contributed by atoms with van der Waals surface area (Å²) < 4.78 is 10.8. The van der Waals surface area contributed by atoms with Crippen LogP contribution in [0.4, 0.5) is 4.79 Å². The van der Waals surface area contributed by atoms with E-state index in [1.807, 2.05) is 24.4 Å². The van der Waals surface area contributed by atoms with Crippen LogP contribution in [0.1, 0.15) is 44.7 Å². The van der Waals surface area contributed by atoms with Gasteiger partial charge in [0.25, 0.3) is 5.89 Å². The van der Waals surface area contributed by atoms with Crippen molar-refractivity contribution in [3.8, 4) is 22.2 Å². The molecule has 1 aliphatic heterocycles. The number of rotatable bonds is 7. The molecule has 0 spiro atoms. The predicted octanol–water partition coefficient (Wildman–Crippen LogP) is 5.06. The van der Waals surface area contributed by atoms with Crippen molar-refractivity contribution in [3.63, 3.8) is 0 Å². The number of carbonyl (C=O) groups excluding carboxylic acids is 1. The highest BCUT2D eigenvalue weighted by molar-refractivity contribution is 7.13. The zero-order valence-electron chi connectivity index (χ0n) is 18.5. The van der Waals surface area contributed by atoms with Gasteiger partial charge in [0.1, 0.15) is 0 Å². The average Bonchev–Trinajstić information content (AvgIpc) is 3.45. The van der Waals surface area contributed by atoms with Gasteiger partial charge < -0.3 is 19.7 Å². The molecule has 0 radical (unpaired) electrons. The molecule has 0 fully saturated rings. The Morgan fingerprint density at radius 1 is 1.34 bits per heavy atom. The number of hydrogen-bond donors (Lipinski definition) is 2. The Labute approximate surface area is 190 Å². The van der Waals surface area contributed by atoms with E-state index >= 15 is 0 Å². The summed E-state index contributed by atoms with van der Waals surface area (Å²) in [6.45, 7) is 6.71. The zero-order chi connectivity index (χ0) is 22.8. The molecule has 0 aliphatic carbocycles. The monoisotopic (exact) mass is 454 g/mol. The van der Waals surface area contributed by atoms with Gasteiger partial charge in [0, 0.05) is 12.2 Å². The highest BCUT2D eigenvalue weighted by Gasteiger charge is 2.36. The van der Waals surface area contributed by atoms with Gasteiger partial charge in [-0.25, -0.2) is 4.79 Å². The van der Waals surface area contributed by atoms with E-state index in [-0.39, 0.29) is 11.8 Å². The third-order valence-corrected chi connectivity index (χ3v) is 6.33. The predicted molar refractivity (Wildman–Crippen MR) is 122 cm³/mol. The first-order valence-electron chi connectivity index (χ1n) is 10.4. The van der Waals surface area contributed by atoms with E-state index in [4.69, 9.17) is 9.26 Å². The summed E-state index contributed by atoms with van der Waals surface area (Å²) in [6.07, 6.45) is 0.857. The van der Waals surface area contributed by atoms with Crippen LogP contribution < -0.4 is 10.1 Å². The number of benzene rings is 1. The Morgan fingerprint density at radius 3 is 2.81 bits per heavy atom. The van der Waals surface area contributed by atoms with E-state index in [1.54, 1.807) is 23.1 Å². The summed E-state index contributed by atoms with van der Waals surface area (Å²) in [5, 5.41) is 19.5. The van der Waals surface area contributed by atoms with Gasteiger partial charge in [0.05, 0.1) is 23.6 Å². The third kappa shape index (κ3) is 4.20. The highest BCUT2D eigenvalue weighted by atomic mass is 32.1. The molecule has 0 bridgehead atoms. The lowest BCUT2D eigenvalue weighted by Crippen LogP contribution is -2.46. The molecule has 3 aromatic rings. The number of aromatic nitrogens is 2. The van der Waals surface area contributed by atoms with Gasteiger partial charge in [0.2, 0.25) is 5.82 Å². The largest absolute Gasteiger partial charge is 0.504 e. The number of nitrogens with zero attached hydrogens (tertiary/aromatic N) is 3. The van der Waals surface area contributed by atoms with Crippen LogP contribution >= 0.6 is 11.3 Å². The van der Waals surface area contributed by atoms with Gasteiger partial charge >= 0.3 is 6.03 Å². The summed E-state index contributed by atoms with van der Waals surface area (Å²) in [4.78, 5) is 20.2. The van der Waals surface area contributed by atoms with Crippen molar-refractivity contribution >= 4 is 22.9 Å². The van der Waals surface area contributed by atoms with Crippen LogP contribution in [-0.4, -0.2) is 39.8 Å². The quantitative estimate of drug-likeness (QED) is 0.518. The van der Waals surface area contributed by atoms with E-state index < -0.39 is 6.04 Å². The number of phenolic OH excluding ortho intramolecular Hbond substituents is 1. The molecular formula is C23H26N4O4S. The number of carbonyl (C=O) groups is 1. The topological polar surface area (TPSA) is 101 Å². The molecule has 32 heavy (non-hydrogen) atoms. The zero-order valence-corrected chi connectivity index (χ0v) is 19.3. The normalized spacial score (nSPS) is 16.6. The number of urea groups is 1. The second kappa shape index (κ2) is 9.04. The van der Waals surface area contributed by atoms with Crippen molar-refractivity contribution in [2.75, 3.05) is 13.7 Å². The Bertz CT molecular complexity index is 1140. The maximum atomic E-state index is 13.0. The van der Waals surface area contributed by atoms with Crippen LogP contribution in [0.25, 0.3) is 16.3 Å². The van der Waals surface area contributed by atoms with Gasteiger partial charge in [0.15, 0.2) is 11.5 Å². The molecule has 1 aromatic carbocycles. The van der Waals surface area contributed by atoms with Crippen molar-refractivity contribution in [2.24, 2.45) is 5.92 Å². The minimum atomic E-state index is -0.564. The summed E-state index contributed by atoms with van der Waals surface area (Å²) in [5.41, 5.74) is 2.13. The molecule has 0 saturated heterocycles. The van der Waals surface area contributed by atoms with Crippen molar-refractivity contribution in [1.82, 2.24) is 20.4 Å². The van der Waals surface area contributed by atoms with Crippen LogP contribution in [0.15, 0.2) is 45.9 Å². The van der Waals surface area contributed by atoms with Crippen LogP contribution in [0.3, 0.4) is 0 Å². The summed E-state index contributed by atoms with van der Waals surface area (Å²) in [7, 11) is 1.49. The fourth-order valence-corrected chi connectivity index (χ4v) is 4.34. The van der Waals surface area contributed by atoms with Gasteiger partial charge in [-0.3, -0.25) is 4.90 Å². The molecule has 2 aromatic heterocycles. The van der Waals surface area contributed by atoms with E-state index in [9.17, 15) is 9.90 Å². The smallest absolute Gasteiger partial charge is 0.322 e. The van der Waals surface area contributed by atoms with Gasteiger partial charge in [-0.2, -0.15) is 4.98 Å². The van der Waals surface area contributed by atoms with Crippen LogP contribution in [0.5, 0.6) is 11.5 Å². The molecule has 168 valence electrons. The van der Waals surface area contributed by atoms with Crippen molar-refractivity contribution in [2.45, 2.75) is 33.2 Å². The third-order valence-electron chi connectivity index (χ3n) is 5.46. The number of thiophene rings is 1. The van der Waals surface area contributed by atoms with Crippen molar-refractivity contribution < 1.29 is 19.2 Å². The van der Waals surface area contributed by atoms with E-state index in [0.29, 0.717) is 41.1 Å². The number of aromatic hydroxyl groups is 1. The number of amides is 2. The molecule has 2 N–H and O–H groups in total. The fourth-order valence-electron chi connectivity index (χ4n) is 3.69. The van der Waals surface area contributed by atoms with Crippen molar-refractivity contribution in [1.29, 1.82) is 0 Å².